The molecule has 0 aromatic heterocycles. The standard InChI is InChI=1S/C14H27N3O3/c1-9(2)13(16-4)12(19)8-11(10(3)18)6-5-7-17-14(15)20/h9,11,13,16H,5-8H2,1-4H3,(H3,15,17,20)/t11-,13+/m1/s1. The molecule has 6 nitrogen and oxygen atoms in total. The molecule has 0 bridgehead atoms. The van der Waals surface area contributed by atoms with Gasteiger partial charge in [0.25, 0.3) is 0 Å². The number of hydrogen-bond acceptors (Lipinski definition) is 4. The van der Waals surface area contributed by atoms with Crippen LogP contribution in [0.5, 0.6) is 0 Å². The van der Waals surface area contributed by atoms with Crippen LogP contribution in [0.15, 0.2) is 0 Å². The van der Waals surface area contributed by atoms with Gasteiger partial charge in [-0.2, -0.15) is 0 Å². The van der Waals surface area contributed by atoms with E-state index in [0.29, 0.717) is 19.4 Å². The van der Waals surface area contributed by atoms with Gasteiger partial charge in [-0.15, -0.1) is 0 Å². The molecule has 116 valence electrons. The molecule has 0 aromatic rings. The molecule has 0 aliphatic carbocycles. The second-order valence-electron chi connectivity index (χ2n) is 5.42. The van der Waals surface area contributed by atoms with E-state index in [1.807, 2.05) is 13.8 Å². The van der Waals surface area contributed by atoms with E-state index in [0.717, 1.165) is 0 Å². The Morgan fingerprint density at radius 1 is 1.20 bits per heavy atom. The van der Waals surface area contributed by atoms with E-state index < -0.39 is 6.03 Å². The molecule has 0 fully saturated rings. The lowest BCUT2D eigenvalue weighted by Gasteiger charge is -2.21. The Hall–Kier alpha value is -1.43. The number of nitrogens with two attached hydrogens (primary N) is 1. The van der Waals surface area contributed by atoms with Crippen LogP contribution >= 0.6 is 0 Å². The van der Waals surface area contributed by atoms with E-state index in [2.05, 4.69) is 10.6 Å². The normalized spacial score (nSPS) is 13.8. The Bertz CT molecular complexity index is 343. The molecule has 0 spiro atoms. The highest BCUT2D eigenvalue weighted by Crippen LogP contribution is 2.16. The highest BCUT2D eigenvalue weighted by Gasteiger charge is 2.25. The molecule has 0 saturated heterocycles. The van der Waals surface area contributed by atoms with Crippen LogP contribution in [0.4, 0.5) is 4.79 Å². The molecule has 0 saturated carbocycles. The summed E-state index contributed by atoms with van der Waals surface area (Å²) in [6.07, 6.45) is 1.46. The number of rotatable bonds is 10. The van der Waals surface area contributed by atoms with Crippen LogP contribution in [0, 0.1) is 11.8 Å². The Balaban J connectivity index is 4.36. The van der Waals surface area contributed by atoms with E-state index in [1.165, 1.54) is 6.92 Å². The van der Waals surface area contributed by atoms with Crippen molar-refractivity contribution in [2.75, 3.05) is 13.6 Å². The molecule has 0 unspecified atom stereocenters. The predicted molar refractivity (Wildman–Crippen MR) is 78.3 cm³/mol. The Kier molecular flexibility index (Phi) is 8.79. The minimum absolute atomic E-state index is 0.0102. The fourth-order valence-electron chi connectivity index (χ4n) is 2.25. The first-order valence-corrected chi connectivity index (χ1v) is 7.03. The minimum atomic E-state index is -0.574. The van der Waals surface area contributed by atoms with E-state index >= 15 is 0 Å². The summed E-state index contributed by atoms with van der Waals surface area (Å²) in [6, 6.07) is -0.795. The van der Waals surface area contributed by atoms with Gasteiger partial charge in [0.05, 0.1) is 6.04 Å². The first-order chi connectivity index (χ1) is 9.29. The Labute approximate surface area is 120 Å². The van der Waals surface area contributed by atoms with Crippen LogP contribution in [0.1, 0.15) is 40.0 Å². The van der Waals surface area contributed by atoms with Gasteiger partial charge >= 0.3 is 6.03 Å². The minimum Gasteiger partial charge on any atom is -0.352 e. The monoisotopic (exact) mass is 285 g/mol. The molecular formula is C14H27N3O3. The van der Waals surface area contributed by atoms with Gasteiger partial charge in [-0.05, 0) is 32.7 Å². The third-order valence-corrected chi connectivity index (χ3v) is 3.38. The zero-order valence-electron chi connectivity index (χ0n) is 12.9. The summed E-state index contributed by atoms with van der Waals surface area (Å²) in [5.74, 6) is -0.0231. The van der Waals surface area contributed by atoms with Crippen molar-refractivity contribution in [2.24, 2.45) is 17.6 Å². The summed E-state index contributed by atoms with van der Waals surface area (Å²) in [5.41, 5.74) is 4.96. The summed E-state index contributed by atoms with van der Waals surface area (Å²) >= 11 is 0. The maximum Gasteiger partial charge on any atom is 0.312 e. The van der Waals surface area contributed by atoms with Crippen molar-refractivity contribution in [3.05, 3.63) is 0 Å². The molecule has 20 heavy (non-hydrogen) atoms. The van der Waals surface area contributed by atoms with Crippen LogP contribution in [0.25, 0.3) is 0 Å². The van der Waals surface area contributed by atoms with Gasteiger partial charge < -0.3 is 16.4 Å². The van der Waals surface area contributed by atoms with Crippen LogP contribution in [0.2, 0.25) is 0 Å². The van der Waals surface area contributed by atoms with E-state index in [-0.39, 0.29) is 35.9 Å². The topological polar surface area (TPSA) is 101 Å². The average molecular weight is 285 g/mol. The summed E-state index contributed by atoms with van der Waals surface area (Å²) in [6.45, 7) is 5.87. The summed E-state index contributed by atoms with van der Waals surface area (Å²) in [5, 5.41) is 5.47. The third kappa shape index (κ3) is 7.23. The molecule has 0 heterocycles. The number of urea groups is 1. The van der Waals surface area contributed by atoms with Crippen molar-refractivity contribution in [1.82, 2.24) is 10.6 Å². The van der Waals surface area contributed by atoms with Crippen LogP contribution in [-0.4, -0.2) is 37.2 Å². The summed E-state index contributed by atoms with van der Waals surface area (Å²) in [7, 11) is 1.75. The molecular weight excluding hydrogens is 258 g/mol. The Morgan fingerprint density at radius 2 is 1.80 bits per heavy atom. The van der Waals surface area contributed by atoms with Crippen molar-refractivity contribution in [1.29, 1.82) is 0 Å². The fourth-order valence-corrected chi connectivity index (χ4v) is 2.25. The zero-order chi connectivity index (χ0) is 15.7. The molecule has 2 atom stereocenters. The smallest absolute Gasteiger partial charge is 0.312 e. The second-order valence-corrected chi connectivity index (χ2v) is 5.42. The van der Waals surface area contributed by atoms with Crippen molar-refractivity contribution >= 4 is 17.6 Å². The number of nitrogens with one attached hydrogen (secondary N) is 2. The van der Waals surface area contributed by atoms with Crippen LogP contribution < -0.4 is 16.4 Å². The molecule has 0 radical (unpaired) electrons. The molecule has 0 aromatic carbocycles. The number of amides is 2. The van der Waals surface area contributed by atoms with Gasteiger partial charge in [0.2, 0.25) is 0 Å². The average Bonchev–Trinajstić information content (AvgIpc) is 2.32. The van der Waals surface area contributed by atoms with Gasteiger partial charge in [-0.25, -0.2) is 4.79 Å². The first-order valence-electron chi connectivity index (χ1n) is 7.03. The highest BCUT2D eigenvalue weighted by atomic mass is 16.2. The molecule has 0 rings (SSSR count). The van der Waals surface area contributed by atoms with E-state index in [1.54, 1.807) is 7.05 Å². The fraction of sp³-hybridized carbons (Fsp3) is 0.786. The molecule has 4 N–H and O–H groups in total. The number of Topliss-reactive ketones (excluding diaryl/α,β-unsaturated/α-hetero) is 2. The van der Waals surface area contributed by atoms with Crippen molar-refractivity contribution < 1.29 is 14.4 Å². The number of ketones is 2. The SMILES string of the molecule is CN[C@H](C(=O)C[C@@H](CCCNC(N)=O)C(C)=O)C(C)C. The molecule has 0 aliphatic rings. The number of carbonyl (C=O) groups is 3. The zero-order valence-corrected chi connectivity index (χ0v) is 12.9. The lowest BCUT2D eigenvalue weighted by molar-refractivity contribution is -0.128. The van der Waals surface area contributed by atoms with Gasteiger partial charge in [0.15, 0.2) is 5.78 Å². The third-order valence-electron chi connectivity index (χ3n) is 3.38. The first kappa shape index (κ1) is 18.6. The summed E-state index contributed by atoms with van der Waals surface area (Å²) in [4.78, 5) is 34.3. The quantitative estimate of drug-likeness (QED) is 0.518. The maximum atomic E-state index is 12.2. The number of likely N-dealkylation sites (N-methyl/N-ethyl adjacent to an activating group) is 1. The summed E-state index contributed by atoms with van der Waals surface area (Å²) < 4.78 is 0. The van der Waals surface area contributed by atoms with Crippen LogP contribution in [-0.2, 0) is 9.59 Å². The van der Waals surface area contributed by atoms with Gasteiger partial charge in [0.1, 0.15) is 5.78 Å². The van der Waals surface area contributed by atoms with E-state index in [4.69, 9.17) is 5.73 Å². The largest absolute Gasteiger partial charge is 0.352 e. The van der Waals surface area contributed by atoms with Gasteiger partial charge in [0, 0.05) is 18.9 Å². The lowest BCUT2D eigenvalue weighted by Crippen LogP contribution is -2.40. The molecule has 2 amide bonds. The van der Waals surface area contributed by atoms with Crippen molar-refractivity contribution in [2.45, 2.75) is 46.1 Å². The molecule has 6 heteroatoms. The van der Waals surface area contributed by atoms with Crippen LogP contribution in [0.3, 0.4) is 0 Å². The lowest BCUT2D eigenvalue weighted by atomic mass is 9.88. The Morgan fingerprint density at radius 3 is 2.20 bits per heavy atom. The van der Waals surface area contributed by atoms with Gasteiger partial charge in [-0.1, -0.05) is 13.8 Å². The van der Waals surface area contributed by atoms with Gasteiger partial charge in [-0.3, -0.25) is 9.59 Å². The predicted octanol–water partition coefficient (Wildman–Crippen LogP) is 0.843. The number of hydrogen-bond donors (Lipinski definition) is 3. The number of carbonyl (C=O) groups excluding carboxylic acids is 3. The van der Waals surface area contributed by atoms with E-state index in [9.17, 15) is 14.4 Å². The number of primary amides is 1. The highest BCUT2D eigenvalue weighted by molar-refractivity contribution is 5.89. The van der Waals surface area contributed by atoms with Crippen molar-refractivity contribution in [3.8, 4) is 0 Å². The van der Waals surface area contributed by atoms with Crippen molar-refractivity contribution in [3.63, 3.8) is 0 Å². The molecule has 0 aliphatic heterocycles. The second kappa shape index (κ2) is 9.47. The maximum absolute atomic E-state index is 12.2.